The molecule has 1 rings (SSSR count). The molecule has 0 aromatic rings. The highest BCUT2D eigenvalue weighted by atomic mass is 14.8. The van der Waals surface area contributed by atoms with Gasteiger partial charge >= 0.3 is 0 Å². The Bertz CT molecular complexity index is 129. The molecule has 0 radical (unpaired) electrons. The first kappa shape index (κ1) is 10.0. The summed E-state index contributed by atoms with van der Waals surface area (Å²) in [7, 11) is 0. The summed E-state index contributed by atoms with van der Waals surface area (Å²) in [6, 6.07) is 0. The first-order chi connectivity index (χ1) is 5.64. The molecule has 0 bridgehead atoms. The Kier molecular flexibility index (Phi) is 3.57. The van der Waals surface area contributed by atoms with Crippen LogP contribution in [-0.4, -0.2) is 13.1 Å². The van der Waals surface area contributed by atoms with Crippen molar-refractivity contribution < 1.29 is 0 Å². The molecule has 0 aliphatic heterocycles. The van der Waals surface area contributed by atoms with Crippen LogP contribution in [0.5, 0.6) is 0 Å². The molecule has 0 aromatic carbocycles. The Labute approximate surface area is 76.9 Å². The second-order valence-corrected chi connectivity index (χ2v) is 4.93. The maximum Gasteiger partial charge on any atom is -0.00204 e. The zero-order valence-corrected chi connectivity index (χ0v) is 8.82. The van der Waals surface area contributed by atoms with E-state index < -0.39 is 0 Å². The monoisotopic (exact) mass is 169 g/mol. The van der Waals surface area contributed by atoms with Gasteiger partial charge in [0.1, 0.15) is 0 Å². The third-order valence-corrected chi connectivity index (χ3v) is 2.99. The molecule has 0 saturated heterocycles. The van der Waals surface area contributed by atoms with E-state index in [2.05, 4.69) is 26.1 Å². The lowest BCUT2D eigenvalue weighted by molar-refractivity contribution is 0.178. The van der Waals surface area contributed by atoms with Crippen molar-refractivity contribution in [3.63, 3.8) is 0 Å². The molecule has 12 heavy (non-hydrogen) atoms. The number of nitrogens with one attached hydrogen (secondary N) is 1. The smallest absolute Gasteiger partial charge is 0.00204 e. The molecule has 1 saturated carbocycles. The van der Waals surface area contributed by atoms with Gasteiger partial charge < -0.3 is 5.32 Å². The van der Waals surface area contributed by atoms with Crippen LogP contribution in [0.25, 0.3) is 0 Å². The van der Waals surface area contributed by atoms with E-state index in [1.165, 1.54) is 32.2 Å². The molecule has 1 aliphatic carbocycles. The van der Waals surface area contributed by atoms with Crippen molar-refractivity contribution in [2.24, 2.45) is 11.3 Å². The minimum Gasteiger partial charge on any atom is -0.317 e. The molecule has 1 heteroatoms. The van der Waals surface area contributed by atoms with Gasteiger partial charge in [0.2, 0.25) is 0 Å². The largest absolute Gasteiger partial charge is 0.317 e. The molecular formula is C11H23N. The maximum absolute atomic E-state index is 3.46. The van der Waals surface area contributed by atoms with Crippen molar-refractivity contribution in [3.8, 4) is 0 Å². The molecular weight excluding hydrogens is 146 g/mol. The van der Waals surface area contributed by atoms with E-state index >= 15 is 0 Å². The Morgan fingerprint density at radius 1 is 1.42 bits per heavy atom. The van der Waals surface area contributed by atoms with Crippen LogP contribution >= 0.6 is 0 Å². The number of rotatable bonds is 3. The van der Waals surface area contributed by atoms with E-state index in [-0.39, 0.29) is 0 Å². The van der Waals surface area contributed by atoms with Crippen LogP contribution in [0, 0.1) is 11.3 Å². The second kappa shape index (κ2) is 4.27. The fourth-order valence-corrected chi connectivity index (χ4v) is 2.38. The van der Waals surface area contributed by atoms with Crippen LogP contribution in [-0.2, 0) is 0 Å². The van der Waals surface area contributed by atoms with E-state index in [9.17, 15) is 0 Å². The summed E-state index contributed by atoms with van der Waals surface area (Å²) in [4.78, 5) is 0. The van der Waals surface area contributed by atoms with E-state index in [0.717, 1.165) is 12.5 Å². The van der Waals surface area contributed by atoms with Gasteiger partial charge in [-0.05, 0) is 43.7 Å². The first-order valence-electron chi connectivity index (χ1n) is 5.35. The molecule has 1 unspecified atom stereocenters. The zero-order chi connectivity index (χ0) is 9.03. The predicted octanol–water partition coefficient (Wildman–Crippen LogP) is 2.81. The first-order valence-corrected chi connectivity index (χ1v) is 5.35. The van der Waals surface area contributed by atoms with Crippen LogP contribution in [0.4, 0.5) is 0 Å². The third kappa shape index (κ3) is 3.14. The highest BCUT2D eigenvalue weighted by Crippen LogP contribution is 2.38. The predicted molar refractivity (Wildman–Crippen MR) is 54.3 cm³/mol. The fourth-order valence-electron chi connectivity index (χ4n) is 2.38. The normalized spacial score (nSPS) is 28.8. The van der Waals surface area contributed by atoms with Crippen LogP contribution < -0.4 is 5.32 Å². The number of hydrogen-bond donors (Lipinski definition) is 1. The van der Waals surface area contributed by atoms with Gasteiger partial charge in [-0.3, -0.25) is 0 Å². The third-order valence-electron chi connectivity index (χ3n) is 2.99. The van der Waals surface area contributed by atoms with Crippen molar-refractivity contribution in [1.29, 1.82) is 0 Å². The summed E-state index contributed by atoms with van der Waals surface area (Å²) in [6.45, 7) is 9.36. The van der Waals surface area contributed by atoms with E-state index in [0.29, 0.717) is 5.41 Å². The van der Waals surface area contributed by atoms with E-state index in [1.54, 1.807) is 0 Å². The van der Waals surface area contributed by atoms with Gasteiger partial charge in [0.05, 0.1) is 0 Å². The number of hydrogen-bond acceptors (Lipinski definition) is 1. The van der Waals surface area contributed by atoms with Gasteiger partial charge in [0, 0.05) is 0 Å². The average Bonchev–Trinajstić information content (AvgIpc) is 1.99. The minimum absolute atomic E-state index is 0.609. The van der Waals surface area contributed by atoms with Gasteiger partial charge in [0.25, 0.3) is 0 Å². The highest BCUT2D eigenvalue weighted by Gasteiger charge is 2.27. The molecule has 0 heterocycles. The zero-order valence-electron chi connectivity index (χ0n) is 8.82. The SMILES string of the molecule is CCNCC1CCCC(C)(C)C1. The molecule has 1 fully saturated rings. The van der Waals surface area contributed by atoms with Crippen molar-refractivity contribution in [3.05, 3.63) is 0 Å². The summed E-state index contributed by atoms with van der Waals surface area (Å²) < 4.78 is 0. The van der Waals surface area contributed by atoms with Crippen molar-refractivity contribution in [2.75, 3.05) is 13.1 Å². The van der Waals surface area contributed by atoms with Gasteiger partial charge in [-0.25, -0.2) is 0 Å². The summed E-state index contributed by atoms with van der Waals surface area (Å²) in [5, 5.41) is 3.46. The Morgan fingerprint density at radius 3 is 2.75 bits per heavy atom. The van der Waals surface area contributed by atoms with Crippen LogP contribution in [0.2, 0.25) is 0 Å². The molecule has 1 aliphatic rings. The molecule has 1 nitrogen and oxygen atoms in total. The fraction of sp³-hybridized carbons (Fsp3) is 1.00. The minimum atomic E-state index is 0.609. The lowest BCUT2D eigenvalue weighted by Crippen LogP contribution is -2.30. The Hall–Kier alpha value is -0.0400. The Morgan fingerprint density at radius 2 is 2.17 bits per heavy atom. The van der Waals surface area contributed by atoms with E-state index in [1.807, 2.05) is 0 Å². The summed E-state index contributed by atoms with van der Waals surface area (Å²) in [5.74, 6) is 0.939. The van der Waals surface area contributed by atoms with Gasteiger partial charge in [0.15, 0.2) is 0 Å². The summed E-state index contributed by atoms with van der Waals surface area (Å²) >= 11 is 0. The van der Waals surface area contributed by atoms with Crippen LogP contribution in [0.3, 0.4) is 0 Å². The second-order valence-electron chi connectivity index (χ2n) is 4.93. The molecule has 0 amide bonds. The summed E-state index contributed by atoms with van der Waals surface area (Å²) in [5.41, 5.74) is 0.609. The topological polar surface area (TPSA) is 12.0 Å². The van der Waals surface area contributed by atoms with E-state index in [4.69, 9.17) is 0 Å². The lowest BCUT2D eigenvalue weighted by atomic mass is 9.72. The standard InChI is InChI=1S/C11H23N/c1-4-12-9-10-6-5-7-11(2,3)8-10/h10,12H,4-9H2,1-3H3. The molecule has 1 atom stereocenters. The quantitative estimate of drug-likeness (QED) is 0.685. The van der Waals surface area contributed by atoms with Gasteiger partial charge in [-0.15, -0.1) is 0 Å². The van der Waals surface area contributed by atoms with Crippen molar-refractivity contribution in [1.82, 2.24) is 5.32 Å². The van der Waals surface area contributed by atoms with Crippen molar-refractivity contribution in [2.45, 2.75) is 46.5 Å². The molecule has 72 valence electrons. The Balaban J connectivity index is 2.26. The highest BCUT2D eigenvalue weighted by molar-refractivity contribution is 4.80. The molecule has 0 spiro atoms. The van der Waals surface area contributed by atoms with Crippen LogP contribution in [0.15, 0.2) is 0 Å². The maximum atomic E-state index is 3.46. The van der Waals surface area contributed by atoms with Gasteiger partial charge in [-0.1, -0.05) is 27.2 Å². The molecule has 0 aromatic heterocycles. The van der Waals surface area contributed by atoms with Gasteiger partial charge in [-0.2, -0.15) is 0 Å². The van der Waals surface area contributed by atoms with Crippen LogP contribution in [0.1, 0.15) is 46.5 Å². The summed E-state index contributed by atoms with van der Waals surface area (Å²) in [6.07, 6.45) is 5.72. The lowest BCUT2D eigenvalue weighted by Gasteiger charge is -2.35. The average molecular weight is 169 g/mol. The van der Waals surface area contributed by atoms with Crippen molar-refractivity contribution >= 4 is 0 Å². The molecule has 1 N–H and O–H groups in total.